The molecule has 7 rings (SSSR count). The summed E-state index contributed by atoms with van der Waals surface area (Å²) in [5.74, 6) is -1.43. The van der Waals surface area contributed by atoms with Gasteiger partial charge in [0.05, 0.1) is 35.1 Å². The van der Waals surface area contributed by atoms with Gasteiger partial charge in [0, 0.05) is 41.7 Å². The lowest BCUT2D eigenvalue weighted by atomic mass is 9.82. The van der Waals surface area contributed by atoms with Crippen LogP contribution in [0.5, 0.6) is 0 Å². The van der Waals surface area contributed by atoms with E-state index >= 15 is 0 Å². The molecule has 3 unspecified atom stereocenters. The van der Waals surface area contributed by atoms with Gasteiger partial charge in [-0.25, -0.2) is 13.8 Å². The van der Waals surface area contributed by atoms with Gasteiger partial charge in [-0.3, -0.25) is 9.69 Å². The Kier molecular flexibility index (Phi) is 9.17. The SMILES string of the molecule is CC(F)C(=O)N1CCN(C2=C(C#N)C(OCC34CCCN3CCC4)=NC3C=C(c4cccc5ccc(F)c(Cl)c45)C(Cl)=CC23)C[C@@H]1CC#N. The van der Waals surface area contributed by atoms with Crippen molar-refractivity contribution in [1.82, 2.24) is 14.7 Å². The van der Waals surface area contributed by atoms with Gasteiger partial charge in [-0.05, 0) is 74.4 Å². The van der Waals surface area contributed by atoms with Crippen LogP contribution in [0.2, 0.25) is 5.02 Å². The molecule has 1 amide bonds. The van der Waals surface area contributed by atoms with Crippen LogP contribution >= 0.6 is 23.2 Å². The van der Waals surface area contributed by atoms with E-state index in [1.807, 2.05) is 35.3 Å². The van der Waals surface area contributed by atoms with E-state index in [4.69, 9.17) is 32.9 Å². The van der Waals surface area contributed by atoms with Crippen molar-refractivity contribution in [3.63, 3.8) is 0 Å². The zero-order valence-corrected chi connectivity index (χ0v) is 28.7. The van der Waals surface area contributed by atoms with E-state index in [-0.39, 0.29) is 41.5 Å². The molecule has 3 fully saturated rings. The summed E-state index contributed by atoms with van der Waals surface area (Å²) in [7, 11) is 0. The average Bonchev–Trinajstić information content (AvgIpc) is 3.68. The zero-order chi connectivity index (χ0) is 34.4. The van der Waals surface area contributed by atoms with Crippen molar-refractivity contribution >= 4 is 51.4 Å². The molecule has 0 aromatic heterocycles. The molecule has 0 spiro atoms. The quantitative estimate of drug-likeness (QED) is 0.330. The molecule has 8 nitrogen and oxygen atoms in total. The lowest BCUT2D eigenvalue weighted by molar-refractivity contribution is -0.140. The first kappa shape index (κ1) is 33.5. The molecule has 4 heterocycles. The predicted molar refractivity (Wildman–Crippen MR) is 185 cm³/mol. The van der Waals surface area contributed by atoms with Gasteiger partial charge in [0.1, 0.15) is 24.1 Å². The summed E-state index contributed by atoms with van der Waals surface area (Å²) < 4.78 is 35.5. The van der Waals surface area contributed by atoms with Crippen LogP contribution in [0.15, 0.2) is 63.8 Å². The highest BCUT2D eigenvalue weighted by Gasteiger charge is 2.46. The minimum atomic E-state index is -1.70. The third kappa shape index (κ3) is 5.88. The van der Waals surface area contributed by atoms with Crippen molar-refractivity contribution in [3.05, 3.63) is 75.2 Å². The molecule has 5 aliphatic rings. The normalized spacial score (nSPS) is 25.5. The minimum Gasteiger partial charge on any atom is -0.475 e. The van der Waals surface area contributed by atoms with Crippen LogP contribution in [0.1, 0.15) is 44.6 Å². The number of ether oxygens (including phenoxy) is 1. The van der Waals surface area contributed by atoms with Crippen LogP contribution in [0.25, 0.3) is 16.3 Å². The van der Waals surface area contributed by atoms with E-state index in [9.17, 15) is 24.1 Å². The van der Waals surface area contributed by atoms with Crippen LogP contribution in [-0.2, 0) is 9.53 Å². The number of dihydropyridines is 1. The Bertz CT molecular complexity index is 1900. The maximum atomic E-state index is 14.7. The van der Waals surface area contributed by atoms with Crippen LogP contribution in [0, 0.1) is 34.4 Å². The van der Waals surface area contributed by atoms with E-state index < -0.39 is 35.9 Å². The van der Waals surface area contributed by atoms with Crippen LogP contribution in [-0.4, -0.2) is 89.6 Å². The van der Waals surface area contributed by atoms with E-state index in [1.165, 1.54) is 17.9 Å². The summed E-state index contributed by atoms with van der Waals surface area (Å²) >= 11 is 13.6. The summed E-state index contributed by atoms with van der Waals surface area (Å²) in [5, 5.41) is 22.0. The minimum absolute atomic E-state index is 0.000373. The number of hydrogen-bond acceptors (Lipinski definition) is 7. The van der Waals surface area contributed by atoms with Gasteiger partial charge in [0.15, 0.2) is 6.17 Å². The van der Waals surface area contributed by atoms with Crippen molar-refractivity contribution < 1.29 is 18.3 Å². The van der Waals surface area contributed by atoms with Crippen LogP contribution in [0.3, 0.4) is 0 Å². The van der Waals surface area contributed by atoms with Crippen molar-refractivity contribution in [2.75, 3.05) is 39.3 Å². The summed E-state index contributed by atoms with van der Waals surface area (Å²) in [5.41, 5.74) is 2.12. The fourth-order valence-corrected chi connectivity index (χ4v) is 8.98. The fraction of sp³-hybridized carbons (Fsp3) is 0.459. The third-order valence-electron chi connectivity index (χ3n) is 10.7. The number of allylic oxidation sites excluding steroid dienone is 2. The Morgan fingerprint density at radius 1 is 1.12 bits per heavy atom. The van der Waals surface area contributed by atoms with E-state index in [2.05, 4.69) is 17.0 Å². The number of piperazine rings is 1. The molecule has 254 valence electrons. The lowest BCUT2D eigenvalue weighted by Gasteiger charge is -2.46. The molecule has 12 heteroatoms. The summed E-state index contributed by atoms with van der Waals surface area (Å²) in [6.45, 7) is 4.38. The summed E-state index contributed by atoms with van der Waals surface area (Å²) in [6, 6.07) is 12.0. The van der Waals surface area contributed by atoms with Gasteiger partial charge >= 0.3 is 0 Å². The standard InChI is InChI=1S/C37H36Cl2F2N6O2/c1-22(40)36(48)47-16-15-45(20-24(47)9-12-42)34-27-17-29(38)26(25-6-2-5-23-7-8-30(41)33(39)32(23)25)18-31(27)44-35(28(34)19-43)49-21-37-10-3-13-46(37)14-4-11-37/h2,5-8,17-18,22,24,27,31H,3-4,9-11,13-16,20-21H2,1H3/t22?,24-,27?,31?/m0/s1. The van der Waals surface area contributed by atoms with Gasteiger partial charge in [0.2, 0.25) is 5.90 Å². The molecule has 49 heavy (non-hydrogen) atoms. The zero-order valence-electron chi connectivity index (χ0n) is 27.1. The Hall–Kier alpha value is -3.96. The van der Waals surface area contributed by atoms with E-state index in [0.29, 0.717) is 40.4 Å². The van der Waals surface area contributed by atoms with E-state index in [1.54, 1.807) is 6.07 Å². The molecular formula is C37H36Cl2F2N6O2. The number of carbonyl (C=O) groups excluding carboxylic acids is 1. The molecule has 2 aromatic rings. The molecule has 4 atom stereocenters. The number of rotatable bonds is 6. The molecule has 0 bridgehead atoms. The number of nitrogens with zero attached hydrogens (tertiary/aromatic N) is 6. The molecule has 3 saturated heterocycles. The largest absolute Gasteiger partial charge is 0.475 e. The number of benzene rings is 2. The van der Waals surface area contributed by atoms with Crippen molar-refractivity contribution in [2.24, 2.45) is 10.9 Å². The highest BCUT2D eigenvalue weighted by atomic mass is 35.5. The Balaban J connectivity index is 1.31. The average molecular weight is 706 g/mol. The number of alkyl halides is 1. The number of nitriles is 2. The van der Waals surface area contributed by atoms with Crippen molar-refractivity contribution in [3.8, 4) is 12.1 Å². The number of amides is 1. The molecule has 4 aliphatic heterocycles. The van der Waals surface area contributed by atoms with Gasteiger partial charge in [-0.1, -0.05) is 53.5 Å². The topological polar surface area (TPSA) is 96.0 Å². The first-order chi connectivity index (χ1) is 23.7. The van der Waals surface area contributed by atoms with Crippen molar-refractivity contribution in [1.29, 1.82) is 10.5 Å². The summed E-state index contributed by atoms with van der Waals surface area (Å²) in [4.78, 5) is 23.7. The molecule has 1 aliphatic carbocycles. The monoisotopic (exact) mass is 704 g/mol. The maximum Gasteiger partial charge on any atom is 0.257 e. The second kappa shape index (κ2) is 13.4. The van der Waals surface area contributed by atoms with Gasteiger partial charge in [0.25, 0.3) is 5.91 Å². The van der Waals surface area contributed by atoms with Crippen molar-refractivity contribution in [2.45, 2.75) is 62.8 Å². The van der Waals surface area contributed by atoms with Crippen LogP contribution in [0.4, 0.5) is 8.78 Å². The Morgan fingerprint density at radius 3 is 2.61 bits per heavy atom. The Morgan fingerprint density at radius 2 is 1.90 bits per heavy atom. The van der Waals surface area contributed by atoms with Gasteiger partial charge < -0.3 is 14.5 Å². The first-order valence-corrected chi connectivity index (χ1v) is 17.5. The highest BCUT2D eigenvalue weighted by molar-refractivity contribution is 6.40. The first-order valence-electron chi connectivity index (χ1n) is 16.8. The molecule has 0 radical (unpaired) electrons. The predicted octanol–water partition coefficient (Wildman–Crippen LogP) is 6.76. The second-order valence-corrected chi connectivity index (χ2v) is 14.3. The third-order valence-corrected chi connectivity index (χ3v) is 11.4. The van der Waals surface area contributed by atoms with Gasteiger partial charge in [-0.15, -0.1) is 0 Å². The molecule has 2 aromatic carbocycles. The number of fused-ring (bicyclic) bond motifs is 3. The number of carbonyl (C=O) groups is 1. The maximum absolute atomic E-state index is 14.7. The fourth-order valence-electron chi connectivity index (χ4n) is 8.41. The highest BCUT2D eigenvalue weighted by Crippen LogP contribution is 2.45. The summed E-state index contributed by atoms with van der Waals surface area (Å²) in [6.07, 6.45) is 6.32. The van der Waals surface area contributed by atoms with E-state index in [0.717, 1.165) is 44.2 Å². The second-order valence-electron chi connectivity index (χ2n) is 13.5. The smallest absolute Gasteiger partial charge is 0.257 e. The number of halogens is 4. The Labute approximate surface area is 294 Å². The lowest BCUT2D eigenvalue weighted by Crippen LogP contribution is -2.57. The van der Waals surface area contributed by atoms with Crippen LogP contribution < -0.4 is 0 Å². The number of hydrogen-bond donors (Lipinski definition) is 0. The van der Waals surface area contributed by atoms with Gasteiger partial charge in [-0.2, -0.15) is 10.5 Å². The molecular weight excluding hydrogens is 669 g/mol. The number of aliphatic imine (C=N–C) groups is 1. The molecule has 0 N–H and O–H groups in total. The molecule has 0 saturated carbocycles.